The number of aromatic nitrogens is 1. The third-order valence-corrected chi connectivity index (χ3v) is 4.83. The zero-order valence-corrected chi connectivity index (χ0v) is 20.3. The Morgan fingerprint density at radius 1 is 1.03 bits per heavy atom. The summed E-state index contributed by atoms with van der Waals surface area (Å²) in [4.78, 5) is 40.9. The zero-order valence-electron chi connectivity index (χ0n) is 20.3. The number of esters is 2. The van der Waals surface area contributed by atoms with Gasteiger partial charge in [0.05, 0.1) is 7.11 Å². The van der Waals surface area contributed by atoms with Crippen LogP contribution in [0.3, 0.4) is 0 Å². The van der Waals surface area contributed by atoms with E-state index in [1.54, 1.807) is 20.8 Å². The van der Waals surface area contributed by atoms with Crippen LogP contribution in [0.4, 0.5) is 8.78 Å². The number of carbonyl (C=O) groups excluding carboxylic acids is 3. The van der Waals surface area contributed by atoms with E-state index in [0.29, 0.717) is 6.07 Å². The summed E-state index contributed by atoms with van der Waals surface area (Å²) in [6.45, 7) is 7.67. The first kappa shape index (κ1) is 27.5. The van der Waals surface area contributed by atoms with Crippen molar-refractivity contribution in [1.29, 1.82) is 0 Å². The molecule has 190 valence electrons. The number of rotatable bonds is 10. The maximum Gasteiger partial charge on any atom is 0.328 e. The average molecular weight is 494 g/mol. The highest BCUT2D eigenvalue weighted by Crippen LogP contribution is 2.30. The summed E-state index contributed by atoms with van der Waals surface area (Å²) in [5.74, 6) is -4.43. The Balaban J connectivity index is 2.12. The molecule has 2 aromatic rings. The van der Waals surface area contributed by atoms with E-state index in [9.17, 15) is 23.2 Å². The van der Waals surface area contributed by atoms with Gasteiger partial charge in [-0.25, -0.2) is 18.6 Å². The van der Waals surface area contributed by atoms with Crippen LogP contribution in [0.15, 0.2) is 30.5 Å². The molecule has 0 fully saturated rings. The van der Waals surface area contributed by atoms with Gasteiger partial charge in [0, 0.05) is 25.3 Å². The summed E-state index contributed by atoms with van der Waals surface area (Å²) in [7, 11) is 1.33. The van der Waals surface area contributed by atoms with E-state index in [0.717, 1.165) is 19.1 Å². The lowest BCUT2D eigenvalue weighted by Crippen LogP contribution is -2.45. The van der Waals surface area contributed by atoms with Crippen LogP contribution >= 0.6 is 0 Å². The normalized spacial score (nSPS) is 13.4. The molecular formula is C24H28F2N2O7. The largest absolute Gasteiger partial charge is 0.493 e. The topological polar surface area (TPSA) is 113 Å². The molecule has 0 radical (unpaired) electrons. The second-order valence-electron chi connectivity index (χ2n) is 8.02. The van der Waals surface area contributed by atoms with E-state index in [1.165, 1.54) is 26.3 Å². The number of amides is 1. The summed E-state index contributed by atoms with van der Waals surface area (Å²) < 4.78 is 48.4. The summed E-state index contributed by atoms with van der Waals surface area (Å²) in [6.07, 6.45) is -0.332. The Morgan fingerprint density at radius 2 is 1.71 bits per heavy atom. The van der Waals surface area contributed by atoms with Crippen LogP contribution < -0.4 is 19.5 Å². The third kappa shape index (κ3) is 7.36. The van der Waals surface area contributed by atoms with Crippen LogP contribution in [0, 0.1) is 17.6 Å². The van der Waals surface area contributed by atoms with Crippen LogP contribution in [-0.4, -0.2) is 48.2 Å². The van der Waals surface area contributed by atoms with Crippen molar-refractivity contribution in [3.63, 3.8) is 0 Å². The van der Waals surface area contributed by atoms with E-state index < -0.39 is 47.7 Å². The van der Waals surface area contributed by atoms with Crippen molar-refractivity contribution in [2.75, 3.05) is 7.11 Å². The molecule has 0 aliphatic heterocycles. The number of benzene rings is 1. The molecule has 2 rings (SSSR count). The fraction of sp³-hybridized carbons (Fsp3) is 0.417. The summed E-state index contributed by atoms with van der Waals surface area (Å²) in [6, 6.07) is 3.16. The Bertz CT molecular complexity index is 1080. The number of ether oxygens (including phenoxy) is 4. The summed E-state index contributed by atoms with van der Waals surface area (Å²) in [5, 5.41) is 2.44. The van der Waals surface area contributed by atoms with Gasteiger partial charge in [0.1, 0.15) is 24.1 Å². The minimum absolute atomic E-state index is 0.106. The molecule has 0 aliphatic rings. The van der Waals surface area contributed by atoms with E-state index in [2.05, 4.69) is 10.3 Å². The molecule has 9 nitrogen and oxygen atoms in total. The van der Waals surface area contributed by atoms with Gasteiger partial charge in [-0.3, -0.25) is 9.59 Å². The van der Waals surface area contributed by atoms with E-state index in [-0.39, 0.29) is 28.9 Å². The van der Waals surface area contributed by atoms with Gasteiger partial charge in [-0.2, -0.15) is 0 Å². The molecule has 1 N–H and O–H groups in total. The van der Waals surface area contributed by atoms with Crippen molar-refractivity contribution in [2.45, 2.75) is 52.9 Å². The molecule has 11 heteroatoms. The van der Waals surface area contributed by atoms with E-state index >= 15 is 0 Å². The first-order valence-electron chi connectivity index (χ1n) is 10.8. The highest BCUT2D eigenvalue weighted by Gasteiger charge is 2.31. The minimum Gasteiger partial charge on any atom is -0.493 e. The fourth-order valence-electron chi connectivity index (χ4n) is 3.17. The van der Waals surface area contributed by atoms with Crippen LogP contribution in [0.25, 0.3) is 0 Å². The number of nitrogens with zero attached hydrogens (tertiary/aromatic N) is 1. The van der Waals surface area contributed by atoms with Crippen molar-refractivity contribution < 1.29 is 42.1 Å². The Morgan fingerprint density at radius 3 is 2.29 bits per heavy atom. The predicted molar refractivity (Wildman–Crippen MR) is 120 cm³/mol. The number of hydrogen-bond donors (Lipinski definition) is 1. The van der Waals surface area contributed by atoms with Gasteiger partial charge < -0.3 is 24.3 Å². The molecule has 0 saturated carbocycles. The van der Waals surface area contributed by atoms with Gasteiger partial charge in [-0.05, 0) is 31.9 Å². The predicted octanol–water partition coefficient (Wildman–Crippen LogP) is 3.45. The lowest BCUT2D eigenvalue weighted by Gasteiger charge is -2.29. The fourth-order valence-corrected chi connectivity index (χ4v) is 3.17. The molecular weight excluding hydrogens is 466 g/mol. The minimum atomic E-state index is -1.13. The highest BCUT2D eigenvalue weighted by molar-refractivity contribution is 5.98. The molecule has 0 unspecified atom stereocenters. The van der Waals surface area contributed by atoms with E-state index in [4.69, 9.17) is 18.9 Å². The smallest absolute Gasteiger partial charge is 0.328 e. The second-order valence-corrected chi connectivity index (χ2v) is 8.02. The number of nitrogens with one attached hydrogen (secondary N) is 1. The number of methoxy groups -OCH3 is 1. The SMILES string of the molecule is COc1ccnc(C(=O)N[C@@H](C)C(=O)O[C@H](C(C)C)[C@H](C)Oc2ccc(F)cc2F)c1OC(C)=O. The van der Waals surface area contributed by atoms with Crippen LogP contribution in [0.1, 0.15) is 45.1 Å². The third-order valence-electron chi connectivity index (χ3n) is 4.83. The number of pyridine rings is 1. The van der Waals surface area contributed by atoms with Crippen LogP contribution in [-0.2, 0) is 14.3 Å². The number of carbonyl (C=O) groups is 3. The van der Waals surface area contributed by atoms with Gasteiger partial charge in [-0.15, -0.1) is 0 Å². The van der Waals surface area contributed by atoms with Crippen LogP contribution in [0.5, 0.6) is 17.2 Å². The maximum absolute atomic E-state index is 14.0. The Kier molecular flexibility index (Phi) is 9.50. The molecule has 1 heterocycles. The molecule has 0 spiro atoms. The molecule has 0 bridgehead atoms. The standard InChI is InChI=1S/C24H28F2N2O7/c1-12(2)21(14(4)33-18-8-7-16(25)11-17(18)26)35-24(31)13(3)28-23(30)20-22(34-15(5)29)19(32-6)9-10-27-20/h7-14,21H,1-6H3,(H,28,30)/t13-,14-,21+/m0/s1. The van der Waals surface area contributed by atoms with Crippen molar-refractivity contribution in [3.8, 4) is 17.2 Å². The number of hydrogen-bond acceptors (Lipinski definition) is 8. The van der Waals surface area contributed by atoms with Crippen molar-refractivity contribution in [3.05, 3.63) is 47.8 Å². The molecule has 0 saturated heterocycles. The molecule has 1 aromatic carbocycles. The van der Waals surface area contributed by atoms with Gasteiger partial charge in [0.25, 0.3) is 5.91 Å². The van der Waals surface area contributed by atoms with Gasteiger partial charge >= 0.3 is 11.9 Å². The Hall–Kier alpha value is -3.76. The highest BCUT2D eigenvalue weighted by atomic mass is 19.1. The van der Waals surface area contributed by atoms with E-state index in [1.807, 2.05) is 0 Å². The van der Waals surface area contributed by atoms with Crippen molar-refractivity contribution in [2.24, 2.45) is 5.92 Å². The zero-order chi connectivity index (χ0) is 26.3. The van der Waals surface area contributed by atoms with Gasteiger partial charge in [-0.1, -0.05) is 13.8 Å². The molecule has 35 heavy (non-hydrogen) atoms. The van der Waals surface area contributed by atoms with Crippen molar-refractivity contribution >= 4 is 17.8 Å². The van der Waals surface area contributed by atoms with Crippen LogP contribution in [0.2, 0.25) is 0 Å². The summed E-state index contributed by atoms with van der Waals surface area (Å²) in [5.41, 5.74) is -0.261. The average Bonchev–Trinajstić information content (AvgIpc) is 2.78. The Labute approximate surface area is 201 Å². The monoisotopic (exact) mass is 494 g/mol. The molecule has 1 amide bonds. The molecule has 3 atom stereocenters. The first-order valence-corrected chi connectivity index (χ1v) is 10.8. The molecule has 0 aliphatic carbocycles. The van der Waals surface area contributed by atoms with Gasteiger partial charge in [0.2, 0.25) is 5.75 Å². The first-order chi connectivity index (χ1) is 16.4. The second kappa shape index (κ2) is 12.1. The lowest BCUT2D eigenvalue weighted by molar-refractivity contribution is -0.158. The maximum atomic E-state index is 14.0. The number of halogens is 2. The molecule has 1 aromatic heterocycles. The lowest BCUT2D eigenvalue weighted by atomic mass is 10.0. The summed E-state index contributed by atoms with van der Waals surface area (Å²) >= 11 is 0. The van der Waals surface area contributed by atoms with Gasteiger partial charge in [0.15, 0.2) is 23.0 Å². The quantitative estimate of drug-likeness (QED) is 0.500. The van der Waals surface area contributed by atoms with Crippen molar-refractivity contribution in [1.82, 2.24) is 10.3 Å².